The SMILES string of the molecule is CC(C)(C)OC(=O)N1[C@H](C(=O)N2CCC[C@H]2C#N)C[C@@H]2[C@@H](O)CCC[C@@H]21. The van der Waals surface area contributed by atoms with E-state index >= 15 is 0 Å². The summed E-state index contributed by atoms with van der Waals surface area (Å²) in [5.74, 6) is -0.283. The third-order valence-electron chi connectivity index (χ3n) is 5.75. The number of carbonyl (C=O) groups is 2. The van der Waals surface area contributed by atoms with E-state index in [1.54, 1.807) is 30.6 Å². The molecule has 3 fully saturated rings. The van der Waals surface area contributed by atoms with Crippen molar-refractivity contribution >= 4 is 12.0 Å². The minimum atomic E-state index is -0.654. The van der Waals surface area contributed by atoms with E-state index < -0.39 is 29.9 Å². The lowest BCUT2D eigenvalue weighted by Gasteiger charge is -2.37. The Morgan fingerprint density at radius 1 is 1.19 bits per heavy atom. The van der Waals surface area contributed by atoms with Crippen molar-refractivity contribution in [3.63, 3.8) is 0 Å². The number of aliphatic hydroxyl groups is 1. The van der Waals surface area contributed by atoms with E-state index in [1.165, 1.54) is 0 Å². The second-order valence-electron chi connectivity index (χ2n) is 8.69. The first-order chi connectivity index (χ1) is 12.2. The van der Waals surface area contributed by atoms with Crippen molar-refractivity contribution in [3.05, 3.63) is 0 Å². The van der Waals surface area contributed by atoms with Crippen LogP contribution in [0.1, 0.15) is 59.3 Å². The van der Waals surface area contributed by atoms with Crippen LogP contribution in [0.25, 0.3) is 0 Å². The number of hydrogen-bond acceptors (Lipinski definition) is 5. The number of aliphatic hydroxyl groups excluding tert-OH is 1. The number of fused-ring (bicyclic) bond motifs is 1. The van der Waals surface area contributed by atoms with Gasteiger partial charge in [0.2, 0.25) is 5.91 Å². The van der Waals surface area contributed by atoms with E-state index in [1.807, 2.05) is 0 Å². The van der Waals surface area contributed by atoms with Gasteiger partial charge < -0.3 is 14.7 Å². The molecular formula is C19H29N3O4. The Bertz CT molecular complexity index is 609. The number of rotatable bonds is 1. The van der Waals surface area contributed by atoms with Gasteiger partial charge in [-0.2, -0.15) is 5.26 Å². The van der Waals surface area contributed by atoms with Crippen LogP contribution in [0.3, 0.4) is 0 Å². The van der Waals surface area contributed by atoms with Crippen LogP contribution in [-0.4, -0.2) is 63.3 Å². The third-order valence-corrected chi connectivity index (χ3v) is 5.75. The second-order valence-corrected chi connectivity index (χ2v) is 8.69. The van der Waals surface area contributed by atoms with Crippen LogP contribution in [0.5, 0.6) is 0 Å². The summed E-state index contributed by atoms with van der Waals surface area (Å²) in [7, 11) is 0. The van der Waals surface area contributed by atoms with E-state index in [4.69, 9.17) is 4.74 Å². The molecular weight excluding hydrogens is 334 g/mol. The lowest BCUT2D eigenvalue weighted by atomic mass is 9.82. The van der Waals surface area contributed by atoms with Gasteiger partial charge in [0, 0.05) is 18.5 Å². The number of nitrogens with zero attached hydrogens (tertiary/aromatic N) is 3. The fourth-order valence-electron chi connectivity index (χ4n) is 4.64. The van der Waals surface area contributed by atoms with Crippen LogP contribution in [0, 0.1) is 17.2 Å². The summed E-state index contributed by atoms with van der Waals surface area (Å²) in [6, 6.07) is 0.946. The average Bonchev–Trinajstić information content (AvgIpc) is 3.17. The molecule has 0 aromatic heterocycles. The van der Waals surface area contributed by atoms with Crippen molar-refractivity contribution < 1.29 is 19.4 Å². The van der Waals surface area contributed by atoms with Gasteiger partial charge in [0.05, 0.1) is 12.2 Å². The first-order valence-electron chi connectivity index (χ1n) is 9.62. The fraction of sp³-hybridized carbons (Fsp3) is 0.842. The summed E-state index contributed by atoms with van der Waals surface area (Å²) in [4.78, 5) is 29.2. The van der Waals surface area contributed by atoms with Gasteiger partial charge >= 0.3 is 6.09 Å². The molecule has 2 saturated heterocycles. The Morgan fingerprint density at radius 3 is 2.58 bits per heavy atom. The molecule has 3 rings (SSSR count). The van der Waals surface area contributed by atoms with Crippen molar-refractivity contribution in [2.45, 2.75) is 89.1 Å². The van der Waals surface area contributed by atoms with Crippen LogP contribution in [0.4, 0.5) is 4.79 Å². The predicted octanol–water partition coefficient (Wildman–Crippen LogP) is 2.04. The highest BCUT2D eigenvalue weighted by Gasteiger charge is 2.53. The van der Waals surface area contributed by atoms with Gasteiger partial charge in [-0.3, -0.25) is 9.69 Å². The van der Waals surface area contributed by atoms with Gasteiger partial charge in [-0.1, -0.05) is 0 Å². The molecule has 5 atom stereocenters. The highest BCUT2D eigenvalue weighted by Crippen LogP contribution is 2.41. The maximum atomic E-state index is 13.2. The van der Waals surface area contributed by atoms with Gasteiger partial charge in [0.15, 0.2) is 0 Å². The van der Waals surface area contributed by atoms with Crippen LogP contribution >= 0.6 is 0 Å². The Morgan fingerprint density at radius 2 is 1.92 bits per heavy atom. The monoisotopic (exact) mass is 363 g/mol. The molecule has 2 amide bonds. The van der Waals surface area contributed by atoms with Gasteiger partial charge in [0.25, 0.3) is 0 Å². The van der Waals surface area contributed by atoms with Crippen LogP contribution in [-0.2, 0) is 9.53 Å². The van der Waals surface area contributed by atoms with Crippen molar-refractivity contribution in [3.8, 4) is 6.07 Å². The minimum absolute atomic E-state index is 0.103. The third kappa shape index (κ3) is 3.52. The van der Waals surface area contributed by atoms with Crippen LogP contribution in [0.15, 0.2) is 0 Å². The van der Waals surface area contributed by atoms with Gasteiger partial charge in [-0.05, 0) is 59.3 Å². The zero-order valence-electron chi connectivity index (χ0n) is 15.9. The van der Waals surface area contributed by atoms with Gasteiger partial charge in [-0.25, -0.2) is 4.79 Å². The van der Waals surface area contributed by atoms with Crippen LogP contribution < -0.4 is 0 Å². The van der Waals surface area contributed by atoms with Crippen molar-refractivity contribution in [1.82, 2.24) is 9.80 Å². The minimum Gasteiger partial charge on any atom is -0.444 e. The molecule has 3 aliphatic rings. The first kappa shape index (κ1) is 19.0. The highest BCUT2D eigenvalue weighted by molar-refractivity contribution is 5.87. The molecule has 2 heterocycles. The second kappa shape index (κ2) is 7.07. The predicted molar refractivity (Wildman–Crippen MR) is 94.0 cm³/mol. The van der Waals surface area contributed by atoms with Crippen LogP contribution in [0.2, 0.25) is 0 Å². The van der Waals surface area contributed by atoms with E-state index in [-0.39, 0.29) is 17.9 Å². The molecule has 2 aliphatic heterocycles. The lowest BCUT2D eigenvalue weighted by Crippen LogP contribution is -2.53. The molecule has 144 valence electrons. The number of nitriles is 1. The number of ether oxygens (including phenoxy) is 1. The Kier molecular flexibility index (Phi) is 5.16. The molecule has 0 radical (unpaired) electrons. The summed E-state index contributed by atoms with van der Waals surface area (Å²) >= 11 is 0. The van der Waals surface area contributed by atoms with Crippen molar-refractivity contribution in [2.75, 3.05) is 6.54 Å². The summed E-state index contributed by atoms with van der Waals surface area (Å²) < 4.78 is 5.57. The van der Waals surface area contributed by atoms with Crippen molar-refractivity contribution in [1.29, 1.82) is 5.26 Å². The number of hydrogen-bond donors (Lipinski definition) is 1. The van der Waals surface area contributed by atoms with Gasteiger partial charge in [0.1, 0.15) is 17.7 Å². The summed E-state index contributed by atoms with van der Waals surface area (Å²) in [5.41, 5.74) is -0.654. The molecule has 0 bridgehead atoms. The van der Waals surface area contributed by atoms with Crippen molar-refractivity contribution in [2.24, 2.45) is 5.92 Å². The van der Waals surface area contributed by atoms with E-state index in [0.717, 1.165) is 19.3 Å². The molecule has 26 heavy (non-hydrogen) atoms. The average molecular weight is 363 g/mol. The Hall–Kier alpha value is -1.81. The molecule has 0 spiro atoms. The Balaban J connectivity index is 1.87. The summed E-state index contributed by atoms with van der Waals surface area (Å²) in [5, 5.41) is 19.7. The topological polar surface area (TPSA) is 93.9 Å². The lowest BCUT2D eigenvalue weighted by molar-refractivity contribution is -0.136. The zero-order chi connectivity index (χ0) is 19.1. The number of amides is 2. The Labute approximate surface area is 154 Å². The normalized spacial score (nSPS) is 34.3. The van der Waals surface area contributed by atoms with Gasteiger partial charge in [-0.15, -0.1) is 0 Å². The molecule has 1 aliphatic carbocycles. The summed E-state index contributed by atoms with van der Waals surface area (Å²) in [6.07, 6.45) is 3.23. The largest absolute Gasteiger partial charge is 0.444 e. The molecule has 7 nitrogen and oxygen atoms in total. The molecule has 0 aromatic carbocycles. The summed E-state index contributed by atoms with van der Waals surface area (Å²) in [6.45, 7) is 5.96. The zero-order valence-corrected chi connectivity index (χ0v) is 15.9. The standard InChI is InChI=1S/C19H29N3O4/c1-19(2,3)26-18(25)22-14-7-4-8-16(23)13(14)10-15(22)17(24)21-9-5-6-12(21)11-20/h12-16,23H,4-10H2,1-3H3/t12-,13-,14-,15-,16-/m0/s1. The molecule has 7 heteroatoms. The number of carbonyl (C=O) groups excluding carboxylic acids is 2. The maximum absolute atomic E-state index is 13.2. The smallest absolute Gasteiger partial charge is 0.411 e. The molecule has 1 N–H and O–H groups in total. The first-order valence-corrected chi connectivity index (χ1v) is 9.62. The maximum Gasteiger partial charge on any atom is 0.411 e. The highest BCUT2D eigenvalue weighted by atomic mass is 16.6. The molecule has 0 unspecified atom stereocenters. The fourth-order valence-corrected chi connectivity index (χ4v) is 4.64. The molecule has 1 saturated carbocycles. The van der Waals surface area contributed by atoms with E-state index in [2.05, 4.69) is 6.07 Å². The van der Waals surface area contributed by atoms with E-state index in [9.17, 15) is 20.0 Å². The number of likely N-dealkylation sites (tertiary alicyclic amines) is 2. The van der Waals surface area contributed by atoms with E-state index in [0.29, 0.717) is 25.8 Å². The molecule has 0 aromatic rings. The quantitative estimate of drug-likeness (QED) is 0.769.